The number of piperidine rings is 1. The largest absolute Gasteiger partial charge is 0.370 e. The Kier molecular flexibility index (Phi) is 4.15. The average molecular weight is 303 g/mol. The first-order valence-corrected chi connectivity index (χ1v) is 7.30. The Bertz CT molecular complexity index is 359. The molecular weight excluding hydrogens is 286 g/mol. The van der Waals surface area contributed by atoms with Crippen LogP contribution in [0.1, 0.15) is 25.3 Å². The molecule has 0 spiro atoms. The summed E-state index contributed by atoms with van der Waals surface area (Å²) in [5.41, 5.74) is 2.43. The molecule has 0 saturated carbocycles. The van der Waals surface area contributed by atoms with Crippen molar-refractivity contribution in [3.63, 3.8) is 0 Å². The topological polar surface area (TPSA) is 3.24 Å². The average Bonchev–Trinajstić information content (AvgIpc) is 2.30. The van der Waals surface area contributed by atoms with Crippen LogP contribution < -0.4 is 4.90 Å². The lowest BCUT2D eigenvalue weighted by Gasteiger charge is -2.32. The molecule has 1 fully saturated rings. The van der Waals surface area contributed by atoms with E-state index in [1.807, 2.05) is 0 Å². The Labute approximate surface area is 111 Å². The number of nitrogens with zero attached hydrogens (tertiary/aromatic N) is 1. The molecule has 1 aliphatic heterocycles. The van der Waals surface area contributed by atoms with Crippen molar-refractivity contribution < 1.29 is 0 Å². The van der Waals surface area contributed by atoms with Crippen LogP contribution in [-0.4, -0.2) is 13.1 Å². The van der Waals surface area contributed by atoms with Gasteiger partial charge in [0.15, 0.2) is 0 Å². The van der Waals surface area contributed by atoms with Gasteiger partial charge in [-0.3, -0.25) is 0 Å². The van der Waals surface area contributed by atoms with E-state index >= 15 is 0 Å². The Hall–Kier alpha value is -0.210. The van der Waals surface area contributed by atoms with Gasteiger partial charge in [0.05, 0.1) is 10.7 Å². The van der Waals surface area contributed by atoms with E-state index in [4.69, 9.17) is 11.6 Å². The Morgan fingerprint density at radius 1 is 1.38 bits per heavy atom. The highest BCUT2D eigenvalue weighted by Crippen LogP contribution is 2.30. The molecule has 2 rings (SSSR count). The van der Waals surface area contributed by atoms with Crippen molar-refractivity contribution in [3.8, 4) is 0 Å². The summed E-state index contributed by atoms with van der Waals surface area (Å²) in [6, 6.07) is 6.35. The van der Waals surface area contributed by atoms with E-state index in [-0.39, 0.29) is 0 Å². The van der Waals surface area contributed by atoms with E-state index in [1.54, 1.807) is 0 Å². The summed E-state index contributed by atoms with van der Waals surface area (Å²) in [6.45, 7) is 4.59. The van der Waals surface area contributed by atoms with E-state index in [0.29, 0.717) is 0 Å². The summed E-state index contributed by atoms with van der Waals surface area (Å²) in [5.74, 6) is 0.858. The van der Waals surface area contributed by atoms with Crippen LogP contribution in [0.3, 0.4) is 0 Å². The van der Waals surface area contributed by atoms with Gasteiger partial charge in [-0.2, -0.15) is 0 Å². The number of alkyl halides is 1. The van der Waals surface area contributed by atoms with Crippen molar-refractivity contribution in [2.24, 2.45) is 5.92 Å². The molecular formula is C13H17BrClN. The molecule has 0 aromatic heterocycles. The molecule has 16 heavy (non-hydrogen) atoms. The van der Waals surface area contributed by atoms with Crippen LogP contribution >= 0.6 is 27.5 Å². The SMILES string of the molecule is CC1CCN(c2ccc(CBr)cc2Cl)CC1. The van der Waals surface area contributed by atoms with Crippen molar-refractivity contribution in [2.45, 2.75) is 25.1 Å². The van der Waals surface area contributed by atoms with Crippen LogP contribution in [-0.2, 0) is 5.33 Å². The number of hydrogen-bond acceptors (Lipinski definition) is 1. The summed E-state index contributed by atoms with van der Waals surface area (Å²) in [7, 11) is 0. The van der Waals surface area contributed by atoms with Gasteiger partial charge in [0.25, 0.3) is 0 Å². The Morgan fingerprint density at radius 3 is 2.62 bits per heavy atom. The first-order chi connectivity index (χ1) is 7.70. The molecule has 1 nitrogen and oxygen atoms in total. The Balaban J connectivity index is 2.14. The minimum absolute atomic E-state index is 0.858. The zero-order chi connectivity index (χ0) is 11.5. The van der Waals surface area contributed by atoms with Crippen molar-refractivity contribution in [1.29, 1.82) is 0 Å². The van der Waals surface area contributed by atoms with Gasteiger partial charge in [-0.15, -0.1) is 0 Å². The lowest BCUT2D eigenvalue weighted by Crippen LogP contribution is -2.32. The number of rotatable bonds is 2. The van der Waals surface area contributed by atoms with Crippen LogP contribution in [0.5, 0.6) is 0 Å². The smallest absolute Gasteiger partial charge is 0.0642 e. The lowest BCUT2D eigenvalue weighted by molar-refractivity contribution is 0.438. The van der Waals surface area contributed by atoms with Gasteiger partial charge < -0.3 is 4.90 Å². The summed E-state index contributed by atoms with van der Waals surface area (Å²) in [6.07, 6.45) is 2.55. The molecule has 1 aliphatic rings. The quantitative estimate of drug-likeness (QED) is 0.729. The third-order valence-electron chi connectivity index (χ3n) is 3.29. The minimum atomic E-state index is 0.858. The standard InChI is InChI=1S/C13H17BrClN/c1-10-4-6-16(7-5-10)13-3-2-11(9-14)8-12(13)15/h2-3,8,10H,4-7,9H2,1H3. The van der Waals surface area contributed by atoms with E-state index in [2.05, 4.69) is 46.0 Å². The van der Waals surface area contributed by atoms with Crippen LogP contribution in [0.25, 0.3) is 0 Å². The zero-order valence-electron chi connectivity index (χ0n) is 9.55. The molecule has 3 heteroatoms. The fourth-order valence-corrected chi connectivity index (χ4v) is 2.81. The molecule has 0 aliphatic carbocycles. The fourth-order valence-electron chi connectivity index (χ4n) is 2.14. The maximum absolute atomic E-state index is 6.32. The van der Waals surface area contributed by atoms with Crippen molar-refractivity contribution in [1.82, 2.24) is 0 Å². The molecule has 0 N–H and O–H groups in total. The molecule has 0 radical (unpaired) electrons. The van der Waals surface area contributed by atoms with Gasteiger partial charge in [0.2, 0.25) is 0 Å². The van der Waals surface area contributed by atoms with E-state index in [1.165, 1.54) is 24.1 Å². The minimum Gasteiger partial charge on any atom is -0.370 e. The summed E-state index contributed by atoms with van der Waals surface area (Å²) >= 11 is 9.76. The molecule has 0 atom stereocenters. The van der Waals surface area contributed by atoms with Gasteiger partial charge in [0.1, 0.15) is 0 Å². The van der Waals surface area contributed by atoms with Gasteiger partial charge >= 0.3 is 0 Å². The van der Waals surface area contributed by atoms with Crippen molar-refractivity contribution >= 4 is 33.2 Å². The predicted octanol–water partition coefficient (Wildman–Crippen LogP) is 4.47. The third kappa shape index (κ3) is 2.72. The highest BCUT2D eigenvalue weighted by molar-refractivity contribution is 9.08. The van der Waals surface area contributed by atoms with Gasteiger partial charge in [-0.05, 0) is 36.5 Å². The molecule has 88 valence electrons. The molecule has 0 amide bonds. The maximum atomic E-state index is 6.32. The number of anilines is 1. The lowest BCUT2D eigenvalue weighted by atomic mass is 9.99. The van der Waals surface area contributed by atoms with Crippen LogP contribution in [0.2, 0.25) is 5.02 Å². The Morgan fingerprint density at radius 2 is 2.06 bits per heavy atom. The molecule has 1 heterocycles. The van der Waals surface area contributed by atoms with E-state index in [9.17, 15) is 0 Å². The molecule has 0 bridgehead atoms. The highest BCUT2D eigenvalue weighted by Gasteiger charge is 2.17. The molecule has 1 aromatic rings. The van der Waals surface area contributed by atoms with Gasteiger partial charge in [-0.1, -0.05) is 40.5 Å². The predicted molar refractivity (Wildman–Crippen MR) is 74.7 cm³/mol. The molecule has 1 saturated heterocycles. The summed E-state index contributed by atoms with van der Waals surface area (Å²) in [5, 5.41) is 1.75. The normalized spacial score (nSPS) is 17.8. The maximum Gasteiger partial charge on any atom is 0.0642 e. The van der Waals surface area contributed by atoms with Gasteiger partial charge in [0, 0.05) is 18.4 Å². The molecule has 1 aromatic carbocycles. The van der Waals surface area contributed by atoms with Gasteiger partial charge in [-0.25, -0.2) is 0 Å². The summed E-state index contributed by atoms with van der Waals surface area (Å²) < 4.78 is 0. The first kappa shape index (κ1) is 12.3. The van der Waals surface area contributed by atoms with Crippen LogP contribution in [0.15, 0.2) is 18.2 Å². The summed E-state index contributed by atoms with van der Waals surface area (Å²) in [4.78, 5) is 2.40. The second-order valence-corrected chi connectivity index (χ2v) is 5.56. The fraction of sp³-hybridized carbons (Fsp3) is 0.538. The number of hydrogen-bond donors (Lipinski definition) is 0. The number of halogens is 2. The van der Waals surface area contributed by atoms with Crippen LogP contribution in [0, 0.1) is 5.92 Å². The first-order valence-electron chi connectivity index (χ1n) is 5.80. The van der Waals surface area contributed by atoms with Crippen molar-refractivity contribution in [2.75, 3.05) is 18.0 Å². The van der Waals surface area contributed by atoms with Crippen molar-refractivity contribution in [3.05, 3.63) is 28.8 Å². The monoisotopic (exact) mass is 301 g/mol. The second kappa shape index (κ2) is 5.42. The second-order valence-electron chi connectivity index (χ2n) is 4.59. The third-order valence-corrected chi connectivity index (χ3v) is 4.24. The van der Waals surface area contributed by atoms with E-state index < -0.39 is 0 Å². The van der Waals surface area contributed by atoms with Crippen LogP contribution in [0.4, 0.5) is 5.69 Å². The molecule has 0 unspecified atom stereocenters. The number of benzene rings is 1. The van der Waals surface area contributed by atoms with E-state index in [0.717, 1.165) is 29.4 Å². The zero-order valence-corrected chi connectivity index (χ0v) is 11.9. The highest BCUT2D eigenvalue weighted by atomic mass is 79.9.